The van der Waals surface area contributed by atoms with E-state index in [0.29, 0.717) is 12.6 Å². The van der Waals surface area contributed by atoms with Gasteiger partial charge in [0, 0.05) is 51.2 Å². The van der Waals surface area contributed by atoms with Gasteiger partial charge in [0.05, 0.1) is 13.2 Å². The van der Waals surface area contributed by atoms with E-state index < -0.39 is 0 Å². The molecule has 0 saturated carbocycles. The Bertz CT molecular complexity index is 798. The average Bonchev–Trinajstić information content (AvgIpc) is 2.84. The number of guanidine groups is 1. The molecule has 32 heavy (non-hydrogen) atoms. The van der Waals surface area contributed by atoms with Crippen molar-refractivity contribution in [2.24, 2.45) is 4.99 Å². The molecule has 2 unspecified atom stereocenters. The molecule has 0 radical (unpaired) electrons. The third-order valence-corrected chi connectivity index (χ3v) is 6.10. The van der Waals surface area contributed by atoms with Gasteiger partial charge in [-0.05, 0) is 31.5 Å². The highest BCUT2D eigenvalue weighted by atomic mass is 16.3. The van der Waals surface area contributed by atoms with Crippen molar-refractivity contribution in [1.82, 2.24) is 20.4 Å². The Morgan fingerprint density at radius 3 is 2.47 bits per heavy atom. The van der Waals surface area contributed by atoms with Gasteiger partial charge in [-0.25, -0.2) is 0 Å². The number of piperazine rings is 1. The monoisotopic (exact) mass is 437 g/mol. The van der Waals surface area contributed by atoms with Crippen LogP contribution in [0.2, 0.25) is 0 Å². The first kappa shape index (κ1) is 24.2. The van der Waals surface area contributed by atoms with Gasteiger partial charge in [0.1, 0.15) is 0 Å². The molecule has 1 aliphatic heterocycles. The van der Waals surface area contributed by atoms with Gasteiger partial charge < -0.3 is 20.6 Å². The highest BCUT2D eigenvalue weighted by Crippen LogP contribution is 2.24. The SMILES string of the molecule is CCNC(=NCC(CO)c1ccccc1)NCCCN1CCN(C)CC1c1ccccc1. The molecule has 6 nitrogen and oxygen atoms in total. The largest absolute Gasteiger partial charge is 0.396 e. The summed E-state index contributed by atoms with van der Waals surface area (Å²) in [6, 6.07) is 21.4. The smallest absolute Gasteiger partial charge is 0.191 e. The number of nitrogens with zero attached hydrogens (tertiary/aromatic N) is 3. The molecule has 2 aromatic rings. The van der Waals surface area contributed by atoms with Gasteiger partial charge in [0.2, 0.25) is 0 Å². The molecule has 0 amide bonds. The minimum absolute atomic E-state index is 0.0172. The maximum absolute atomic E-state index is 9.80. The molecule has 1 fully saturated rings. The lowest BCUT2D eigenvalue weighted by atomic mass is 10.0. The molecule has 2 atom stereocenters. The molecule has 0 bridgehead atoms. The first-order valence-corrected chi connectivity index (χ1v) is 11.9. The van der Waals surface area contributed by atoms with E-state index in [-0.39, 0.29) is 12.5 Å². The Kier molecular flexibility index (Phi) is 10.0. The zero-order chi connectivity index (χ0) is 22.6. The average molecular weight is 438 g/mol. The van der Waals surface area contributed by atoms with Crippen LogP contribution in [0.4, 0.5) is 0 Å². The van der Waals surface area contributed by atoms with Crippen LogP contribution >= 0.6 is 0 Å². The van der Waals surface area contributed by atoms with E-state index in [2.05, 4.69) is 76.9 Å². The van der Waals surface area contributed by atoms with Crippen LogP contribution in [0.1, 0.15) is 36.4 Å². The number of likely N-dealkylation sites (N-methyl/N-ethyl adjacent to an activating group) is 1. The minimum Gasteiger partial charge on any atom is -0.396 e. The van der Waals surface area contributed by atoms with Crippen molar-refractivity contribution in [3.8, 4) is 0 Å². The molecule has 3 N–H and O–H groups in total. The Morgan fingerprint density at radius 2 is 1.78 bits per heavy atom. The maximum atomic E-state index is 9.80. The van der Waals surface area contributed by atoms with E-state index in [1.54, 1.807) is 0 Å². The van der Waals surface area contributed by atoms with Gasteiger partial charge >= 0.3 is 0 Å². The lowest BCUT2D eigenvalue weighted by Gasteiger charge is -2.40. The van der Waals surface area contributed by atoms with Crippen molar-refractivity contribution < 1.29 is 5.11 Å². The molecule has 3 rings (SSSR count). The number of benzene rings is 2. The van der Waals surface area contributed by atoms with Gasteiger partial charge in [-0.3, -0.25) is 9.89 Å². The number of nitrogens with one attached hydrogen (secondary N) is 2. The molecular formula is C26H39N5O. The standard InChI is InChI=1S/C26H39N5O/c1-3-27-26(29-19-24(21-32)22-11-6-4-7-12-22)28-15-10-16-31-18-17-30(2)20-25(31)23-13-8-5-9-14-23/h4-9,11-14,24-25,32H,3,10,15-21H2,1-2H3,(H2,27,28,29). The van der Waals surface area contributed by atoms with Crippen LogP contribution in [0.3, 0.4) is 0 Å². The second-order valence-corrected chi connectivity index (χ2v) is 8.51. The highest BCUT2D eigenvalue weighted by Gasteiger charge is 2.25. The summed E-state index contributed by atoms with van der Waals surface area (Å²) >= 11 is 0. The van der Waals surface area contributed by atoms with E-state index in [9.17, 15) is 5.11 Å². The summed E-state index contributed by atoms with van der Waals surface area (Å²) in [5.41, 5.74) is 2.52. The van der Waals surface area contributed by atoms with Gasteiger partial charge in [-0.15, -0.1) is 0 Å². The lowest BCUT2D eigenvalue weighted by molar-refractivity contribution is 0.0891. The Hall–Kier alpha value is -2.41. The summed E-state index contributed by atoms with van der Waals surface area (Å²) in [6.07, 6.45) is 1.06. The summed E-state index contributed by atoms with van der Waals surface area (Å²) in [6.45, 7) is 8.76. The van der Waals surface area contributed by atoms with Gasteiger partial charge in [0.25, 0.3) is 0 Å². The van der Waals surface area contributed by atoms with Crippen molar-refractivity contribution >= 4 is 5.96 Å². The molecule has 2 aromatic carbocycles. The molecule has 0 spiro atoms. The number of hydrogen-bond acceptors (Lipinski definition) is 4. The molecule has 6 heteroatoms. The molecule has 0 aliphatic carbocycles. The van der Waals surface area contributed by atoms with E-state index in [1.165, 1.54) is 5.56 Å². The summed E-state index contributed by atoms with van der Waals surface area (Å²) in [4.78, 5) is 9.76. The third kappa shape index (κ3) is 7.33. The van der Waals surface area contributed by atoms with Crippen LogP contribution < -0.4 is 10.6 Å². The van der Waals surface area contributed by atoms with E-state index in [4.69, 9.17) is 4.99 Å². The van der Waals surface area contributed by atoms with Crippen LogP contribution in [0.15, 0.2) is 65.7 Å². The predicted octanol–water partition coefficient (Wildman–Crippen LogP) is 2.70. The van der Waals surface area contributed by atoms with E-state index in [1.807, 2.05) is 18.2 Å². The zero-order valence-electron chi connectivity index (χ0n) is 19.6. The topological polar surface area (TPSA) is 63.1 Å². The zero-order valence-corrected chi connectivity index (χ0v) is 19.6. The first-order valence-electron chi connectivity index (χ1n) is 11.9. The van der Waals surface area contributed by atoms with Crippen molar-refractivity contribution in [3.63, 3.8) is 0 Å². The Labute approximate surface area is 193 Å². The molecule has 1 aliphatic rings. The number of hydrogen-bond donors (Lipinski definition) is 3. The van der Waals surface area contributed by atoms with Crippen LogP contribution in [0.5, 0.6) is 0 Å². The molecule has 174 valence electrons. The summed E-state index contributed by atoms with van der Waals surface area (Å²) in [5, 5.41) is 16.6. The van der Waals surface area contributed by atoms with Gasteiger partial charge in [-0.1, -0.05) is 60.7 Å². The number of aliphatic hydroxyl groups excluding tert-OH is 1. The fraction of sp³-hybridized carbons (Fsp3) is 0.500. The fourth-order valence-corrected chi connectivity index (χ4v) is 4.24. The van der Waals surface area contributed by atoms with Crippen molar-refractivity contribution in [2.75, 3.05) is 59.5 Å². The maximum Gasteiger partial charge on any atom is 0.191 e. The van der Waals surface area contributed by atoms with Gasteiger partial charge in [0.15, 0.2) is 5.96 Å². The summed E-state index contributed by atoms with van der Waals surface area (Å²) in [7, 11) is 2.21. The van der Waals surface area contributed by atoms with Crippen molar-refractivity contribution in [1.29, 1.82) is 0 Å². The lowest BCUT2D eigenvalue weighted by Crippen LogP contribution is -2.47. The molecule has 1 saturated heterocycles. The number of aliphatic hydroxyl groups is 1. The summed E-state index contributed by atoms with van der Waals surface area (Å²) < 4.78 is 0. The van der Waals surface area contributed by atoms with E-state index in [0.717, 1.165) is 57.2 Å². The van der Waals surface area contributed by atoms with Crippen molar-refractivity contribution in [2.45, 2.75) is 25.3 Å². The molecule has 0 aromatic heterocycles. The second-order valence-electron chi connectivity index (χ2n) is 8.51. The normalized spacial score (nSPS) is 19.0. The van der Waals surface area contributed by atoms with Crippen LogP contribution in [-0.2, 0) is 0 Å². The Balaban J connectivity index is 1.50. The third-order valence-electron chi connectivity index (χ3n) is 6.10. The van der Waals surface area contributed by atoms with Crippen molar-refractivity contribution in [3.05, 3.63) is 71.8 Å². The van der Waals surface area contributed by atoms with Crippen LogP contribution in [0.25, 0.3) is 0 Å². The molecule has 1 heterocycles. The van der Waals surface area contributed by atoms with Gasteiger partial charge in [-0.2, -0.15) is 0 Å². The minimum atomic E-state index is 0.0172. The van der Waals surface area contributed by atoms with Crippen LogP contribution in [-0.4, -0.2) is 80.3 Å². The van der Waals surface area contributed by atoms with Crippen LogP contribution in [0, 0.1) is 0 Å². The fourth-order valence-electron chi connectivity index (χ4n) is 4.24. The molecular weight excluding hydrogens is 398 g/mol. The predicted molar refractivity (Wildman–Crippen MR) is 133 cm³/mol. The second kappa shape index (κ2) is 13.2. The summed E-state index contributed by atoms with van der Waals surface area (Å²) in [5.74, 6) is 0.837. The highest BCUT2D eigenvalue weighted by molar-refractivity contribution is 5.79. The van der Waals surface area contributed by atoms with E-state index >= 15 is 0 Å². The first-order chi connectivity index (χ1) is 15.7. The quantitative estimate of drug-likeness (QED) is 0.303. The number of aliphatic imine (C=N–C) groups is 1. The number of rotatable bonds is 10. The Morgan fingerprint density at radius 1 is 1.06 bits per heavy atom.